The van der Waals surface area contributed by atoms with E-state index in [-0.39, 0.29) is 69.8 Å². The quantitative estimate of drug-likeness (QED) is 0.224. The zero-order chi connectivity index (χ0) is 44.2. The number of carbonyl (C=O) groups excluding carboxylic acids is 4. The summed E-state index contributed by atoms with van der Waals surface area (Å²) in [5.41, 5.74) is 5.85. The highest BCUT2D eigenvalue weighted by atomic mass is 35.5. The van der Waals surface area contributed by atoms with E-state index in [1.165, 1.54) is 0 Å². The van der Waals surface area contributed by atoms with E-state index in [0.29, 0.717) is 49.0 Å². The molecule has 0 bridgehead atoms. The minimum Gasteiger partial charge on any atom is -0.456 e. The number of aliphatic hydroxyl groups excluding tert-OH is 1. The molecule has 8 rings (SSSR count). The SMILES string of the molecule is COC1(C)CCN(C2=C(C#N)C(=O)Cc3cnc(C(C)O)cc32)CC1.COC1(C)CCN(C2=C(C#N)C(=O)Cc3cnc(C(C)OC(=O)C4CC4)cc32)CC1.O=C(Cl)C1CC1. The number of carbonyl (C=O) groups is 4. The first-order valence-electron chi connectivity index (χ1n) is 21.1. The van der Waals surface area contributed by atoms with E-state index in [4.69, 9.17) is 25.8 Å². The Balaban J connectivity index is 0.000000181. The highest BCUT2D eigenvalue weighted by molar-refractivity contribution is 6.64. The number of ether oxygens (including phenoxy) is 3. The maximum absolute atomic E-state index is 12.6. The number of Topliss-reactive ketones (excluding diaryl/α,β-unsaturated/α-hetero) is 2. The molecule has 2 atom stereocenters. The number of esters is 1. The van der Waals surface area contributed by atoms with Gasteiger partial charge in [0, 0.05) is 82.7 Å². The van der Waals surface area contributed by atoms with Crippen molar-refractivity contribution >= 4 is 45.8 Å². The van der Waals surface area contributed by atoms with Gasteiger partial charge in [-0.1, -0.05) is 0 Å². The van der Waals surface area contributed by atoms with Gasteiger partial charge in [0.25, 0.3) is 0 Å². The average molecular weight is 855 g/mol. The van der Waals surface area contributed by atoms with Crippen LogP contribution in [0.1, 0.15) is 125 Å². The lowest BCUT2D eigenvalue weighted by molar-refractivity contribution is -0.150. The Hall–Kier alpha value is -4.99. The van der Waals surface area contributed by atoms with Crippen LogP contribution in [-0.2, 0) is 46.2 Å². The minimum atomic E-state index is -0.701. The van der Waals surface area contributed by atoms with Crippen LogP contribution in [0.2, 0.25) is 0 Å². The van der Waals surface area contributed by atoms with Gasteiger partial charge in [0.1, 0.15) is 29.4 Å². The molecule has 4 heterocycles. The van der Waals surface area contributed by atoms with Crippen molar-refractivity contribution in [1.29, 1.82) is 10.5 Å². The lowest BCUT2D eigenvalue weighted by Crippen LogP contribution is -2.43. The van der Waals surface area contributed by atoms with Crippen molar-refractivity contribution < 1.29 is 38.5 Å². The molecule has 61 heavy (non-hydrogen) atoms. The number of methoxy groups -OCH3 is 2. The van der Waals surface area contributed by atoms with E-state index < -0.39 is 12.2 Å². The summed E-state index contributed by atoms with van der Waals surface area (Å²) in [4.78, 5) is 60.0. The van der Waals surface area contributed by atoms with Crippen molar-refractivity contribution in [2.24, 2.45) is 11.8 Å². The molecule has 2 aliphatic heterocycles. The fourth-order valence-corrected chi connectivity index (χ4v) is 8.11. The summed E-state index contributed by atoms with van der Waals surface area (Å²) in [6.07, 6.45) is 9.56. The third-order valence-electron chi connectivity index (χ3n) is 12.7. The zero-order valence-corrected chi connectivity index (χ0v) is 36.6. The van der Waals surface area contributed by atoms with Gasteiger partial charge >= 0.3 is 5.97 Å². The van der Waals surface area contributed by atoms with Crippen LogP contribution in [0.5, 0.6) is 0 Å². The fourth-order valence-electron chi connectivity index (χ4n) is 7.89. The Bertz CT molecular complexity index is 2200. The number of nitrogens with zero attached hydrogens (tertiary/aromatic N) is 6. The lowest BCUT2D eigenvalue weighted by Gasteiger charge is -2.41. The van der Waals surface area contributed by atoms with Crippen LogP contribution in [-0.4, -0.2) is 99.3 Å². The molecule has 2 aromatic rings. The van der Waals surface area contributed by atoms with Crippen molar-refractivity contribution in [2.75, 3.05) is 40.4 Å². The average Bonchev–Trinajstić information content (AvgIpc) is 4.18. The van der Waals surface area contributed by atoms with Crippen molar-refractivity contribution in [3.8, 4) is 12.1 Å². The number of aromatic nitrogens is 2. The number of fused-ring (bicyclic) bond motifs is 2. The number of hydrogen-bond donors (Lipinski definition) is 1. The Morgan fingerprint density at radius 3 is 1.52 bits per heavy atom. The topological polar surface area (TPSA) is 196 Å². The number of aliphatic hydroxyl groups is 1. The first-order valence-corrected chi connectivity index (χ1v) is 21.4. The van der Waals surface area contributed by atoms with Crippen molar-refractivity contribution in [3.05, 3.63) is 69.3 Å². The zero-order valence-electron chi connectivity index (χ0n) is 35.9. The molecule has 0 spiro atoms. The Labute approximate surface area is 362 Å². The predicted octanol–water partition coefficient (Wildman–Crippen LogP) is 6.11. The predicted molar refractivity (Wildman–Crippen MR) is 225 cm³/mol. The third-order valence-corrected chi connectivity index (χ3v) is 13.0. The largest absolute Gasteiger partial charge is 0.456 e. The second-order valence-corrected chi connectivity index (χ2v) is 17.7. The number of piperidine rings is 2. The van der Waals surface area contributed by atoms with Crippen LogP contribution in [0.4, 0.5) is 0 Å². The van der Waals surface area contributed by atoms with Crippen molar-refractivity contribution in [3.63, 3.8) is 0 Å². The summed E-state index contributed by atoms with van der Waals surface area (Å²) < 4.78 is 16.8. The first-order chi connectivity index (χ1) is 29.0. The van der Waals surface area contributed by atoms with Crippen LogP contribution >= 0.6 is 11.6 Å². The Morgan fingerprint density at radius 1 is 0.770 bits per heavy atom. The number of ketones is 2. The standard InChI is InChI=1S/C23H27N3O4.C19H23N3O3.C4H5ClO/c1-14(30-22(28)15-4-5-15)19-11-17-16(13-25-19)10-20(27)18(12-24)21(17)26-8-6-23(2,29-3)7-9-26;1-12(23)16-9-14-13(11-21-16)8-17(24)15(10-20)18(14)22-6-4-19(2,25-3)5-7-22;5-4(6)3-1-2-3/h11,13-15H,4-10H2,1-3H3;9,11-12,23H,4-8H2,1-3H3;3H,1-2H2. The molecule has 4 fully saturated rings. The maximum atomic E-state index is 12.6. The smallest absolute Gasteiger partial charge is 0.309 e. The van der Waals surface area contributed by atoms with Crippen LogP contribution in [0.15, 0.2) is 35.7 Å². The number of halogens is 1. The molecule has 6 aliphatic rings. The van der Waals surface area contributed by atoms with E-state index in [9.17, 15) is 34.8 Å². The Morgan fingerprint density at radius 2 is 1.18 bits per heavy atom. The summed E-state index contributed by atoms with van der Waals surface area (Å²) in [6, 6.07) is 7.92. The van der Waals surface area contributed by atoms with Gasteiger partial charge in [0.15, 0.2) is 11.6 Å². The molecule has 0 aromatic carbocycles. The molecular weight excluding hydrogens is 800 g/mol. The molecule has 2 saturated heterocycles. The second-order valence-electron chi connectivity index (χ2n) is 17.3. The molecule has 2 saturated carbocycles. The second kappa shape index (κ2) is 19.0. The number of nitriles is 2. The molecule has 15 heteroatoms. The van der Waals surface area contributed by atoms with Gasteiger partial charge in [-0.2, -0.15) is 10.5 Å². The highest BCUT2D eigenvalue weighted by Crippen LogP contribution is 2.39. The summed E-state index contributed by atoms with van der Waals surface area (Å²) in [5.74, 6) is -0.279. The number of hydrogen-bond acceptors (Lipinski definition) is 14. The normalized spacial score (nSPS) is 21.3. The molecule has 14 nitrogen and oxygen atoms in total. The highest BCUT2D eigenvalue weighted by Gasteiger charge is 2.38. The molecule has 2 unspecified atom stereocenters. The summed E-state index contributed by atoms with van der Waals surface area (Å²) >= 11 is 5.04. The molecule has 0 amide bonds. The van der Waals surface area contributed by atoms with E-state index >= 15 is 0 Å². The van der Waals surface area contributed by atoms with Crippen LogP contribution in [0, 0.1) is 34.5 Å². The number of rotatable bonds is 9. The molecule has 1 N–H and O–H groups in total. The first kappa shape index (κ1) is 45.5. The summed E-state index contributed by atoms with van der Waals surface area (Å²) in [5, 5.41) is 29.0. The number of likely N-dealkylation sites (tertiary alicyclic amines) is 2. The lowest BCUT2D eigenvalue weighted by atomic mass is 9.86. The fraction of sp³-hybridized carbons (Fsp3) is 0.565. The van der Waals surface area contributed by atoms with E-state index in [1.54, 1.807) is 33.5 Å². The van der Waals surface area contributed by atoms with Gasteiger partial charge in [0.2, 0.25) is 5.24 Å². The maximum Gasteiger partial charge on any atom is 0.309 e. The monoisotopic (exact) mass is 854 g/mol. The van der Waals surface area contributed by atoms with Crippen molar-refractivity contribution in [2.45, 2.75) is 115 Å². The van der Waals surface area contributed by atoms with Gasteiger partial charge < -0.3 is 29.1 Å². The van der Waals surface area contributed by atoms with Crippen molar-refractivity contribution in [1.82, 2.24) is 19.8 Å². The molecule has 0 radical (unpaired) electrons. The molecule has 4 aliphatic carbocycles. The van der Waals surface area contributed by atoms with Gasteiger partial charge in [0.05, 0.1) is 46.0 Å². The van der Waals surface area contributed by atoms with Crippen LogP contribution in [0.25, 0.3) is 11.4 Å². The van der Waals surface area contributed by atoms with E-state index in [1.807, 2.05) is 19.1 Å². The molecule has 324 valence electrons. The van der Waals surface area contributed by atoms with Crippen LogP contribution < -0.4 is 0 Å². The summed E-state index contributed by atoms with van der Waals surface area (Å²) in [6.45, 7) is 10.4. The number of allylic oxidation sites excluding steroid dienone is 2. The molecular formula is C46H55ClN6O8. The van der Waals surface area contributed by atoms with Gasteiger partial charge in [-0.15, -0.1) is 0 Å². The van der Waals surface area contributed by atoms with Gasteiger partial charge in [-0.25, -0.2) is 0 Å². The summed E-state index contributed by atoms with van der Waals surface area (Å²) in [7, 11) is 3.44. The van der Waals surface area contributed by atoms with E-state index in [0.717, 1.165) is 73.6 Å². The molecule has 2 aromatic heterocycles. The van der Waals surface area contributed by atoms with Gasteiger partial charge in [-0.3, -0.25) is 29.1 Å². The Kier molecular flexibility index (Phi) is 14.1. The van der Waals surface area contributed by atoms with Gasteiger partial charge in [-0.05, 0) is 114 Å². The van der Waals surface area contributed by atoms with E-state index in [2.05, 4.69) is 45.8 Å². The van der Waals surface area contributed by atoms with Crippen LogP contribution in [0.3, 0.4) is 0 Å². The number of pyridine rings is 2. The third kappa shape index (κ3) is 10.6. The minimum absolute atomic E-state index is 0.0202.